The second-order valence-corrected chi connectivity index (χ2v) is 6.53. The molecular weight excluding hydrogens is 344 g/mol. The quantitative estimate of drug-likeness (QED) is 0.757. The van der Waals surface area contributed by atoms with E-state index in [4.69, 9.17) is 4.74 Å². The minimum atomic E-state index is -0.348. The van der Waals surface area contributed by atoms with Crippen molar-refractivity contribution in [3.63, 3.8) is 0 Å². The maximum absolute atomic E-state index is 12.6. The molecule has 0 spiro atoms. The van der Waals surface area contributed by atoms with Gasteiger partial charge in [-0.3, -0.25) is 14.4 Å². The maximum Gasteiger partial charge on any atom is 0.230 e. The van der Waals surface area contributed by atoms with E-state index in [1.54, 1.807) is 15.8 Å². The molecular formula is C19H22N6O2. The van der Waals surface area contributed by atoms with E-state index in [2.05, 4.69) is 20.6 Å². The zero-order chi connectivity index (χ0) is 18.8. The molecule has 1 N–H and O–H groups in total. The molecule has 0 aliphatic carbocycles. The molecule has 3 aromatic rings. The first kappa shape index (κ1) is 17.6. The molecule has 1 atom stereocenters. The summed E-state index contributed by atoms with van der Waals surface area (Å²) < 4.78 is 7.48. The lowest BCUT2D eigenvalue weighted by atomic mass is 10.1. The molecule has 27 heavy (non-hydrogen) atoms. The van der Waals surface area contributed by atoms with Crippen molar-refractivity contribution in [2.24, 2.45) is 7.05 Å². The summed E-state index contributed by atoms with van der Waals surface area (Å²) in [5, 5.41) is 13.4. The number of aryl methyl sites for hydroxylation is 1. The van der Waals surface area contributed by atoms with Crippen LogP contribution in [0.4, 0.5) is 5.82 Å². The monoisotopic (exact) mass is 366 g/mol. The van der Waals surface area contributed by atoms with E-state index in [0.29, 0.717) is 25.4 Å². The topological polar surface area (TPSA) is 85.2 Å². The van der Waals surface area contributed by atoms with Gasteiger partial charge in [0.1, 0.15) is 11.5 Å². The molecule has 8 nitrogen and oxygen atoms in total. The number of carbonyl (C=O) groups excluding carboxylic acids is 1. The first-order valence-electron chi connectivity index (χ1n) is 9.06. The van der Waals surface area contributed by atoms with Gasteiger partial charge < -0.3 is 10.1 Å². The number of hydrogen-bond donors (Lipinski definition) is 1. The number of anilines is 1. The molecule has 2 aromatic heterocycles. The van der Waals surface area contributed by atoms with Gasteiger partial charge in [-0.05, 0) is 17.5 Å². The molecule has 1 saturated heterocycles. The van der Waals surface area contributed by atoms with Crippen LogP contribution in [0.25, 0.3) is 22.0 Å². The van der Waals surface area contributed by atoms with Crippen LogP contribution in [0.2, 0.25) is 0 Å². The Labute approximate surface area is 157 Å². The molecule has 1 fully saturated rings. The Morgan fingerprint density at radius 2 is 2.26 bits per heavy atom. The molecule has 4 rings (SSSR count). The Balaban J connectivity index is 1.74. The molecule has 3 heterocycles. The van der Waals surface area contributed by atoms with Crippen molar-refractivity contribution in [3.05, 3.63) is 36.7 Å². The normalized spacial score (nSPS) is 17.2. The molecule has 1 aromatic carbocycles. The van der Waals surface area contributed by atoms with Gasteiger partial charge in [0.2, 0.25) is 5.91 Å². The zero-order valence-electron chi connectivity index (χ0n) is 15.4. The van der Waals surface area contributed by atoms with Gasteiger partial charge in [-0.25, -0.2) is 4.98 Å². The summed E-state index contributed by atoms with van der Waals surface area (Å²) >= 11 is 0. The van der Waals surface area contributed by atoms with Gasteiger partial charge >= 0.3 is 0 Å². The van der Waals surface area contributed by atoms with Crippen molar-refractivity contribution in [2.45, 2.75) is 19.6 Å². The fourth-order valence-electron chi connectivity index (χ4n) is 3.22. The van der Waals surface area contributed by atoms with Crippen LogP contribution >= 0.6 is 0 Å². The average molecular weight is 366 g/mol. The van der Waals surface area contributed by atoms with E-state index in [9.17, 15) is 4.79 Å². The number of nitrogens with zero attached hydrogens (tertiary/aromatic N) is 5. The van der Waals surface area contributed by atoms with E-state index < -0.39 is 0 Å². The summed E-state index contributed by atoms with van der Waals surface area (Å²) in [6.45, 7) is 3.80. The summed E-state index contributed by atoms with van der Waals surface area (Å²) in [7, 11) is 1.84. The maximum atomic E-state index is 12.6. The van der Waals surface area contributed by atoms with Gasteiger partial charge in [-0.15, -0.1) is 5.10 Å². The van der Waals surface area contributed by atoms with Crippen LogP contribution in [0.15, 0.2) is 36.7 Å². The fourth-order valence-corrected chi connectivity index (χ4v) is 3.22. The molecule has 0 bridgehead atoms. The number of morpholine rings is 1. The zero-order valence-corrected chi connectivity index (χ0v) is 15.4. The van der Waals surface area contributed by atoms with Gasteiger partial charge in [0, 0.05) is 43.7 Å². The molecule has 0 saturated carbocycles. The highest BCUT2D eigenvalue weighted by Crippen LogP contribution is 2.26. The van der Waals surface area contributed by atoms with Crippen LogP contribution in [0.3, 0.4) is 0 Å². The Hall–Kier alpha value is -2.84. The molecule has 8 heteroatoms. The van der Waals surface area contributed by atoms with Crippen LogP contribution in [0, 0.1) is 0 Å². The van der Waals surface area contributed by atoms with Crippen molar-refractivity contribution in [3.8, 4) is 11.3 Å². The number of nitrogens with one attached hydrogen (secondary N) is 1. The number of ether oxygens (including phenoxy) is 1. The number of rotatable bonds is 4. The van der Waals surface area contributed by atoms with Crippen molar-refractivity contribution < 1.29 is 9.53 Å². The van der Waals surface area contributed by atoms with Gasteiger partial charge in [-0.2, -0.15) is 0 Å². The van der Waals surface area contributed by atoms with Gasteiger partial charge in [-0.1, -0.05) is 24.3 Å². The lowest BCUT2D eigenvalue weighted by Gasteiger charge is -2.33. The highest BCUT2D eigenvalue weighted by molar-refractivity contribution is 5.95. The van der Waals surface area contributed by atoms with Crippen LogP contribution < -0.4 is 10.2 Å². The van der Waals surface area contributed by atoms with Crippen LogP contribution in [0.5, 0.6) is 0 Å². The van der Waals surface area contributed by atoms with Crippen molar-refractivity contribution >= 4 is 22.5 Å². The third-order valence-electron chi connectivity index (χ3n) is 4.62. The van der Waals surface area contributed by atoms with E-state index >= 15 is 0 Å². The first-order chi connectivity index (χ1) is 13.2. The number of fused-ring (bicyclic) bond motifs is 1. The van der Waals surface area contributed by atoms with Gasteiger partial charge in [0.15, 0.2) is 6.23 Å². The summed E-state index contributed by atoms with van der Waals surface area (Å²) in [5.41, 5.74) is 1.77. The van der Waals surface area contributed by atoms with E-state index in [1.165, 1.54) is 0 Å². The Bertz CT molecular complexity index is 964. The van der Waals surface area contributed by atoms with E-state index in [0.717, 1.165) is 28.6 Å². The highest BCUT2D eigenvalue weighted by atomic mass is 16.5. The molecule has 0 radical (unpaired) electrons. The Morgan fingerprint density at radius 3 is 2.96 bits per heavy atom. The second kappa shape index (κ2) is 7.42. The lowest BCUT2D eigenvalue weighted by Crippen LogP contribution is -2.52. The smallest absolute Gasteiger partial charge is 0.230 e. The van der Waals surface area contributed by atoms with Crippen LogP contribution in [0.1, 0.15) is 13.3 Å². The Kier molecular flexibility index (Phi) is 4.83. The number of benzene rings is 1. The predicted octanol–water partition coefficient (Wildman–Crippen LogP) is 1.72. The van der Waals surface area contributed by atoms with Crippen LogP contribution in [-0.2, 0) is 16.6 Å². The predicted molar refractivity (Wildman–Crippen MR) is 102 cm³/mol. The standard InChI is InChI=1S/C19H22N6O2/c1-3-18(26)25(19-11-20-6-7-27-19)17-9-15-8-13(4-5-14(15)10-21-17)16-12-24(2)23-22-16/h4-5,8-10,12,19-20H,3,6-7,11H2,1-2H3. The average Bonchev–Trinajstić information content (AvgIpc) is 3.14. The SMILES string of the molecule is CCC(=O)N(c1cc2cc(-c3cn(C)nn3)ccc2cn1)C1CNCCO1. The summed E-state index contributed by atoms with van der Waals surface area (Å²) in [6.07, 6.45) is 3.70. The van der Waals surface area contributed by atoms with E-state index in [-0.39, 0.29) is 12.1 Å². The summed E-state index contributed by atoms with van der Waals surface area (Å²) in [6, 6.07) is 7.97. The highest BCUT2D eigenvalue weighted by Gasteiger charge is 2.27. The lowest BCUT2D eigenvalue weighted by molar-refractivity contribution is -0.121. The fraction of sp³-hybridized carbons (Fsp3) is 0.368. The minimum absolute atomic E-state index is 0.0133. The largest absolute Gasteiger partial charge is 0.355 e. The number of pyridine rings is 1. The van der Waals surface area contributed by atoms with Gasteiger partial charge in [0.05, 0.1) is 12.8 Å². The molecule has 1 aliphatic rings. The molecule has 1 aliphatic heterocycles. The number of carbonyl (C=O) groups is 1. The van der Waals surface area contributed by atoms with Crippen molar-refractivity contribution in [1.29, 1.82) is 0 Å². The summed E-state index contributed by atoms with van der Waals surface area (Å²) in [4.78, 5) is 18.8. The number of amides is 1. The molecule has 140 valence electrons. The Morgan fingerprint density at radius 1 is 1.37 bits per heavy atom. The third-order valence-corrected chi connectivity index (χ3v) is 4.62. The first-order valence-corrected chi connectivity index (χ1v) is 9.06. The van der Waals surface area contributed by atoms with Crippen molar-refractivity contribution in [2.75, 3.05) is 24.6 Å². The van der Waals surface area contributed by atoms with Crippen molar-refractivity contribution in [1.82, 2.24) is 25.3 Å². The molecule has 1 amide bonds. The van der Waals surface area contributed by atoms with Gasteiger partial charge in [0.25, 0.3) is 0 Å². The number of aromatic nitrogens is 4. The van der Waals surface area contributed by atoms with Crippen LogP contribution in [-0.4, -0.2) is 51.8 Å². The van der Waals surface area contributed by atoms with E-state index in [1.807, 2.05) is 44.4 Å². The number of hydrogen-bond acceptors (Lipinski definition) is 6. The second-order valence-electron chi connectivity index (χ2n) is 6.53. The molecule has 1 unspecified atom stereocenters. The summed E-state index contributed by atoms with van der Waals surface area (Å²) in [5.74, 6) is 0.583. The third kappa shape index (κ3) is 3.54. The minimum Gasteiger partial charge on any atom is -0.355 e.